The smallest absolute Gasteiger partial charge is 0.123 e. The molecule has 8 heteroatoms. The van der Waals surface area contributed by atoms with Gasteiger partial charge >= 0.3 is 0 Å². The summed E-state index contributed by atoms with van der Waals surface area (Å²) in [6.45, 7) is 2.71. The van der Waals surface area contributed by atoms with E-state index in [9.17, 15) is 0 Å². The van der Waals surface area contributed by atoms with Crippen LogP contribution in [-0.4, -0.2) is 44.1 Å². The van der Waals surface area contributed by atoms with Crippen molar-refractivity contribution in [3.05, 3.63) is 82.9 Å². The van der Waals surface area contributed by atoms with Gasteiger partial charge < -0.3 is 18.9 Å². The largest absolute Gasteiger partial charge is 0.493 e. The summed E-state index contributed by atoms with van der Waals surface area (Å²) in [6, 6.07) is 20.6. The molecule has 0 amide bonds. The van der Waals surface area contributed by atoms with E-state index in [1.807, 2.05) is 36.4 Å². The molecule has 38 heavy (non-hydrogen) atoms. The van der Waals surface area contributed by atoms with E-state index in [1.165, 1.54) is 0 Å². The van der Waals surface area contributed by atoms with Crippen molar-refractivity contribution in [1.82, 2.24) is 0 Å². The number of hydrogen-bond donors (Lipinski definition) is 0. The summed E-state index contributed by atoms with van der Waals surface area (Å²) in [5.41, 5.74) is 4.35. The molecule has 3 aromatic rings. The van der Waals surface area contributed by atoms with Crippen LogP contribution in [-0.2, 0) is 0 Å². The second-order valence-corrected chi connectivity index (χ2v) is 12.3. The first-order valence-corrected chi connectivity index (χ1v) is 18.2. The minimum absolute atomic E-state index is 0.678. The van der Waals surface area contributed by atoms with Crippen LogP contribution in [0.2, 0.25) is 0 Å². The lowest BCUT2D eigenvalue weighted by molar-refractivity contribution is 0.328. The zero-order valence-electron chi connectivity index (χ0n) is 20.9. The highest BCUT2D eigenvalue weighted by atomic mass is 127. The van der Waals surface area contributed by atoms with Gasteiger partial charge in [0.25, 0.3) is 0 Å². The maximum Gasteiger partial charge on any atom is 0.123 e. The van der Waals surface area contributed by atoms with Gasteiger partial charge in [-0.15, -0.1) is 0 Å². The Hall–Kier alpha value is -0.740. The summed E-state index contributed by atoms with van der Waals surface area (Å²) in [4.78, 5) is 0. The zero-order chi connectivity index (χ0) is 27.0. The maximum absolute atomic E-state index is 5.85. The van der Waals surface area contributed by atoms with Crippen molar-refractivity contribution >= 4 is 115 Å². The van der Waals surface area contributed by atoms with Crippen LogP contribution in [0.15, 0.2) is 60.7 Å². The second kappa shape index (κ2) is 18.6. The molecule has 0 atom stereocenters. The van der Waals surface area contributed by atoms with Crippen LogP contribution in [0.25, 0.3) is 24.3 Å². The molecular formula is C30H30I4O4. The van der Waals surface area contributed by atoms with Crippen molar-refractivity contribution in [2.24, 2.45) is 0 Å². The molecule has 0 N–H and O–H groups in total. The summed E-state index contributed by atoms with van der Waals surface area (Å²) >= 11 is 9.26. The Labute approximate surface area is 280 Å². The molecule has 0 aliphatic heterocycles. The van der Waals surface area contributed by atoms with Crippen LogP contribution >= 0.6 is 90.4 Å². The molecule has 0 radical (unpaired) electrons. The van der Waals surface area contributed by atoms with Gasteiger partial charge in [-0.25, -0.2) is 0 Å². The number of rotatable bonds is 16. The molecular weight excluding hydrogens is 932 g/mol. The van der Waals surface area contributed by atoms with E-state index in [2.05, 4.69) is 139 Å². The molecule has 0 aliphatic carbocycles. The molecule has 202 valence electrons. The van der Waals surface area contributed by atoms with Gasteiger partial charge in [0.15, 0.2) is 0 Å². The molecule has 0 spiro atoms. The van der Waals surface area contributed by atoms with Gasteiger partial charge in [0.1, 0.15) is 23.0 Å². The molecule has 0 saturated carbocycles. The van der Waals surface area contributed by atoms with Crippen LogP contribution < -0.4 is 18.9 Å². The minimum atomic E-state index is 0.678. The van der Waals surface area contributed by atoms with Crippen LogP contribution in [0.3, 0.4) is 0 Å². The molecule has 3 aromatic carbocycles. The molecule has 0 aliphatic rings. The number of benzene rings is 3. The van der Waals surface area contributed by atoms with Gasteiger partial charge in [0.05, 0.1) is 26.4 Å². The van der Waals surface area contributed by atoms with Crippen LogP contribution in [0, 0.1) is 0 Å². The average Bonchev–Trinajstić information content (AvgIpc) is 2.95. The predicted octanol–water partition coefficient (Wildman–Crippen LogP) is 9.28. The van der Waals surface area contributed by atoms with Crippen molar-refractivity contribution in [2.45, 2.75) is 0 Å². The van der Waals surface area contributed by atoms with Gasteiger partial charge in [0.2, 0.25) is 0 Å². The third kappa shape index (κ3) is 11.8. The zero-order valence-corrected chi connectivity index (χ0v) is 29.5. The molecule has 4 nitrogen and oxygen atoms in total. The fourth-order valence-electron chi connectivity index (χ4n) is 3.44. The Balaban J connectivity index is 1.71. The Morgan fingerprint density at radius 2 is 0.658 bits per heavy atom. The monoisotopic (exact) mass is 962 g/mol. The SMILES string of the molecule is ICCOc1cc(C=Cc2ccc(C=Cc3cc(OCCI)cc(OCCI)c3)cc2)cc(OCCI)c1. The third-order valence-electron chi connectivity index (χ3n) is 5.06. The average molecular weight is 962 g/mol. The summed E-state index contributed by atoms with van der Waals surface area (Å²) in [6.07, 6.45) is 8.41. The third-order valence-corrected chi connectivity index (χ3v) is 6.82. The predicted molar refractivity (Wildman–Crippen MR) is 195 cm³/mol. The lowest BCUT2D eigenvalue weighted by Crippen LogP contribution is -2.01. The number of ether oxygens (including phenoxy) is 4. The standard InChI is InChI=1S/C30H30I4O4/c31-9-13-35-27-17-25(18-28(21-27)36-14-10-32)7-5-23-1-2-24(4-3-23)6-8-26-19-29(37-15-11-33)22-30(20-26)38-16-12-34/h1-8,17-22H,9-16H2. The van der Waals surface area contributed by atoms with E-state index in [0.29, 0.717) is 26.4 Å². The Morgan fingerprint density at radius 3 is 0.921 bits per heavy atom. The van der Waals surface area contributed by atoms with Crippen LogP contribution in [0.4, 0.5) is 0 Å². The normalized spacial score (nSPS) is 11.3. The summed E-state index contributed by atoms with van der Waals surface area (Å²) in [7, 11) is 0. The first-order valence-electron chi connectivity index (χ1n) is 12.1. The van der Waals surface area contributed by atoms with Crippen molar-refractivity contribution < 1.29 is 18.9 Å². The van der Waals surface area contributed by atoms with E-state index in [1.54, 1.807) is 0 Å². The van der Waals surface area contributed by atoms with E-state index in [0.717, 1.165) is 63.0 Å². The van der Waals surface area contributed by atoms with E-state index in [-0.39, 0.29) is 0 Å². The highest BCUT2D eigenvalue weighted by Crippen LogP contribution is 2.26. The van der Waals surface area contributed by atoms with Crippen LogP contribution in [0.5, 0.6) is 23.0 Å². The maximum atomic E-state index is 5.85. The fourth-order valence-corrected chi connectivity index (χ4v) is 4.32. The molecule has 0 heterocycles. The first kappa shape index (κ1) is 31.8. The van der Waals surface area contributed by atoms with E-state index >= 15 is 0 Å². The van der Waals surface area contributed by atoms with Gasteiger partial charge in [-0.05, 0) is 46.5 Å². The summed E-state index contributed by atoms with van der Waals surface area (Å²) < 4.78 is 27.2. The van der Waals surface area contributed by atoms with Crippen LogP contribution in [0.1, 0.15) is 22.3 Å². The lowest BCUT2D eigenvalue weighted by atomic mass is 10.1. The van der Waals surface area contributed by atoms with Gasteiger partial charge in [-0.3, -0.25) is 0 Å². The molecule has 0 aromatic heterocycles. The highest BCUT2D eigenvalue weighted by molar-refractivity contribution is 14.1. The second-order valence-electron chi connectivity index (χ2n) is 7.96. The van der Waals surface area contributed by atoms with Crippen molar-refractivity contribution in [3.8, 4) is 23.0 Å². The fraction of sp³-hybridized carbons (Fsp3) is 0.267. The Kier molecular flexibility index (Phi) is 15.5. The van der Waals surface area contributed by atoms with Crippen molar-refractivity contribution in [1.29, 1.82) is 0 Å². The van der Waals surface area contributed by atoms with E-state index < -0.39 is 0 Å². The minimum Gasteiger partial charge on any atom is -0.493 e. The number of hydrogen-bond acceptors (Lipinski definition) is 4. The molecule has 0 saturated heterocycles. The molecule has 0 bridgehead atoms. The lowest BCUT2D eigenvalue weighted by Gasteiger charge is -2.10. The highest BCUT2D eigenvalue weighted by Gasteiger charge is 2.04. The molecule has 0 unspecified atom stereocenters. The number of halogens is 4. The van der Waals surface area contributed by atoms with E-state index in [4.69, 9.17) is 18.9 Å². The summed E-state index contributed by atoms with van der Waals surface area (Å²) in [5.74, 6) is 3.33. The number of alkyl halides is 4. The molecule has 0 fully saturated rings. The van der Waals surface area contributed by atoms with Gasteiger partial charge in [-0.1, -0.05) is 139 Å². The Morgan fingerprint density at radius 1 is 0.395 bits per heavy atom. The van der Waals surface area contributed by atoms with Crippen molar-refractivity contribution in [3.63, 3.8) is 0 Å². The summed E-state index contributed by atoms with van der Waals surface area (Å²) in [5, 5.41) is 0. The van der Waals surface area contributed by atoms with Crippen molar-refractivity contribution in [2.75, 3.05) is 44.1 Å². The molecule has 3 rings (SSSR count). The van der Waals surface area contributed by atoms with Gasteiger partial charge in [0, 0.05) is 29.8 Å². The Bertz CT molecular complexity index is 1030. The quantitative estimate of drug-likeness (QED) is 0.0816. The topological polar surface area (TPSA) is 36.9 Å². The van der Waals surface area contributed by atoms with Gasteiger partial charge in [-0.2, -0.15) is 0 Å². The first-order chi connectivity index (χ1) is 18.6.